The second-order valence-corrected chi connectivity index (χ2v) is 4.49. The molecule has 1 amide bonds. The second kappa shape index (κ2) is 7.22. The van der Waals surface area contributed by atoms with Crippen LogP contribution in [0.4, 0.5) is 5.82 Å². The lowest BCUT2D eigenvalue weighted by Crippen LogP contribution is -2.14. The third-order valence-electron chi connectivity index (χ3n) is 2.79. The van der Waals surface area contributed by atoms with Crippen LogP contribution < -0.4 is 5.32 Å². The highest BCUT2D eigenvalue weighted by Crippen LogP contribution is 2.13. The van der Waals surface area contributed by atoms with Gasteiger partial charge in [0.2, 0.25) is 0 Å². The third-order valence-corrected chi connectivity index (χ3v) is 2.79. The molecule has 0 atom stereocenters. The standard InChI is InChI=1S/C17H16N2O2/c1-13-8-9-14(6-3-5-11-20)15(12-13)17(21)19-16-7-2-4-10-18-16/h2,4,7-10,12,20H,5,11H2,1H3,(H,18,19,21). The molecule has 106 valence electrons. The molecule has 1 heterocycles. The van der Waals surface area contributed by atoms with Gasteiger partial charge in [-0.3, -0.25) is 4.79 Å². The molecule has 0 unspecified atom stereocenters. The van der Waals surface area contributed by atoms with Gasteiger partial charge in [0.05, 0.1) is 12.2 Å². The molecule has 4 heteroatoms. The van der Waals surface area contributed by atoms with Crippen molar-refractivity contribution >= 4 is 11.7 Å². The van der Waals surface area contributed by atoms with Gasteiger partial charge in [-0.05, 0) is 31.2 Å². The number of amides is 1. The number of hydrogen-bond donors (Lipinski definition) is 2. The smallest absolute Gasteiger partial charge is 0.258 e. The lowest BCUT2D eigenvalue weighted by Gasteiger charge is -2.07. The first-order valence-electron chi connectivity index (χ1n) is 6.63. The van der Waals surface area contributed by atoms with E-state index in [9.17, 15) is 4.79 Å². The van der Waals surface area contributed by atoms with Crippen LogP contribution in [0.25, 0.3) is 0 Å². The van der Waals surface area contributed by atoms with Crippen LogP contribution in [0.3, 0.4) is 0 Å². The number of aryl methyl sites for hydroxylation is 1. The Morgan fingerprint density at radius 2 is 2.19 bits per heavy atom. The number of nitrogens with zero attached hydrogens (tertiary/aromatic N) is 1. The van der Waals surface area contributed by atoms with Crippen molar-refractivity contribution in [1.29, 1.82) is 0 Å². The van der Waals surface area contributed by atoms with Crippen molar-refractivity contribution in [1.82, 2.24) is 4.98 Å². The van der Waals surface area contributed by atoms with Crippen LogP contribution in [0.1, 0.15) is 27.9 Å². The maximum atomic E-state index is 12.4. The van der Waals surface area contributed by atoms with E-state index in [0.717, 1.165) is 5.56 Å². The maximum absolute atomic E-state index is 12.4. The molecular formula is C17H16N2O2. The molecule has 1 aromatic heterocycles. The van der Waals surface area contributed by atoms with Crippen molar-refractivity contribution in [2.45, 2.75) is 13.3 Å². The third kappa shape index (κ3) is 4.16. The zero-order chi connectivity index (χ0) is 15.1. The van der Waals surface area contributed by atoms with Crippen LogP contribution in [-0.4, -0.2) is 22.6 Å². The summed E-state index contributed by atoms with van der Waals surface area (Å²) < 4.78 is 0. The molecular weight excluding hydrogens is 264 g/mol. The molecule has 4 nitrogen and oxygen atoms in total. The number of aromatic nitrogens is 1. The van der Waals surface area contributed by atoms with Gasteiger partial charge in [-0.2, -0.15) is 0 Å². The molecule has 0 radical (unpaired) electrons. The number of nitrogens with one attached hydrogen (secondary N) is 1. The van der Waals surface area contributed by atoms with Crippen molar-refractivity contribution < 1.29 is 9.90 Å². The van der Waals surface area contributed by atoms with Crippen molar-refractivity contribution in [2.75, 3.05) is 11.9 Å². The van der Waals surface area contributed by atoms with Gasteiger partial charge in [-0.25, -0.2) is 4.98 Å². The van der Waals surface area contributed by atoms with E-state index in [4.69, 9.17) is 5.11 Å². The molecule has 0 spiro atoms. The molecule has 0 bridgehead atoms. The average molecular weight is 280 g/mol. The molecule has 0 aliphatic rings. The zero-order valence-corrected chi connectivity index (χ0v) is 11.8. The Balaban J connectivity index is 2.27. The number of pyridine rings is 1. The zero-order valence-electron chi connectivity index (χ0n) is 11.8. The van der Waals surface area contributed by atoms with E-state index in [-0.39, 0.29) is 12.5 Å². The Morgan fingerprint density at radius 3 is 2.90 bits per heavy atom. The predicted octanol–water partition coefficient (Wildman–Crippen LogP) is 2.38. The number of benzene rings is 1. The fourth-order valence-electron chi connectivity index (χ4n) is 1.79. The average Bonchev–Trinajstić information content (AvgIpc) is 2.50. The molecule has 2 rings (SSSR count). The van der Waals surface area contributed by atoms with Crippen LogP contribution in [0.5, 0.6) is 0 Å². The van der Waals surface area contributed by atoms with E-state index in [0.29, 0.717) is 23.4 Å². The number of carbonyl (C=O) groups excluding carboxylic acids is 1. The summed E-state index contributed by atoms with van der Waals surface area (Å²) in [4.78, 5) is 16.4. The minimum Gasteiger partial charge on any atom is -0.395 e. The monoisotopic (exact) mass is 280 g/mol. The number of aliphatic hydroxyl groups is 1. The molecule has 0 aliphatic carbocycles. The summed E-state index contributed by atoms with van der Waals surface area (Å²) in [5, 5.41) is 11.5. The van der Waals surface area contributed by atoms with Crippen LogP contribution in [0.2, 0.25) is 0 Å². The Kier molecular flexibility index (Phi) is 5.08. The highest BCUT2D eigenvalue weighted by atomic mass is 16.2. The Labute approximate surface area is 123 Å². The fourth-order valence-corrected chi connectivity index (χ4v) is 1.79. The van der Waals surface area contributed by atoms with Crippen molar-refractivity contribution in [3.63, 3.8) is 0 Å². The van der Waals surface area contributed by atoms with Crippen LogP contribution >= 0.6 is 0 Å². The molecule has 2 aromatic rings. The van der Waals surface area contributed by atoms with Gasteiger partial charge < -0.3 is 10.4 Å². The first kappa shape index (κ1) is 14.8. The van der Waals surface area contributed by atoms with Crippen LogP contribution in [0, 0.1) is 18.8 Å². The van der Waals surface area contributed by atoms with Gasteiger partial charge in [0.1, 0.15) is 5.82 Å². The van der Waals surface area contributed by atoms with E-state index in [2.05, 4.69) is 22.1 Å². The Morgan fingerprint density at radius 1 is 1.33 bits per heavy atom. The van der Waals surface area contributed by atoms with E-state index in [1.807, 2.05) is 19.1 Å². The number of anilines is 1. The first-order chi connectivity index (χ1) is 10.2. The molecule has 0 aliphatic heterocycles. The summed E-state index contributed by atoms with van der Waals surface area (Å²) in [6.45, 7) is 1.93. The molecule has 0 fully saturated rings. The maximum Gasteiger partial charge on any atom is 0.258 e. The summed E-state index contributed by atoms with van der Waals surface area (Å²) in [6, 6.07) is 10.8. The summed E-state index contributed by atoms with van der Waals surface area (Å²) in [5.41, 5.74) is 2.13. The van der Waals surface area contributed by atoms with Gasteiger partial charge >= 0.3 is 0 Å². The van der Waals surface area contributed by atoms with E-state index in [1.165, 1.54) is 0 Å². The molecule has 0 saturated heterocycles. The minimum absolute atomic E-state index is 0.00826. The summed E-state index contributed by atoms with van der Waals surface area (Å²) >= 11 is 0. The normalized spacial score (nSPS) is 9.62. The summed E-state index contributed by atoms with van der Waals surface area (Å²) in [7, 11) is 0. The molecule has 1 aromatic carbocycles. The highest BCUT2D eigenvalue weighted by molar-refractivity contribution is 6.05. The largest absolute Gasteiger partial charge is 0.395 e. The predicted molar refractivity (Wildman–Crippen MR) is 82.0 cm³/mol. The van der Waals surface area contributed by atoms with Crippen molar-refractivity contribution in [3.8, 4) is 11.8 Å². The number of hydrogen-bond acceptors (Lipinski definition) is 3. The van der Waals surface area contributed by atoms with E-state index in [1.54, 1.807) is 30.5 Å². The fraction of sp³-hybridized carbons (Fsp3) is 0.176. The van der Waals surface area contributed by atoms with Crippen LogP contribution in [-0.2, 0) is 0 Å². The minimum atomic E-state index is -0.245. The SMILES string of the molecule is Cc1ccc(C#CCCO)c(C(=O)Nc2ccccn2)c1. The quantitative estimate of drug-likeness (QED) is 0.849. The molecule has 21 heavy (non-hydrogen) atoms. The second-order valence-electron chi connectivity index (χ2n) is 4.49. The van der Waals surface area contributed by atoms with E-state index >= 15 is 0 Å². The summed E-state index contributed by atoms with van der Waals surface area (Å²) in [6.07, 6.45) is 2.00. The number of aliphatic hydroxyl groups excluding tert-OH is 1. The van der Waals surface area contributed by atoms with Gasteiger partial charge in [0, 0.05) is 18.2 Å². The number of rotatable bonds is 3. The molecule has 0 saturated carbocycles. The lowest BCUT2D eigenvalue weighted by atomic mass is 10.0. The topological polar surface area (TPSA) is 62.2 Å². The van der Waals surface area contributed by atoms with Crippen molar-refractivity contribution in [3.05, 3.63) is 59.3 Å². The van der Waals surface area contributed by atoms with Gasteiger partial charge in [0.15, 0.2) is 0 Å². The summed E-state index contributed by atoms with van der Waals surface area (Å²) in [5.74, 6) is 6.00. The number of carbonyl (C=O) groups is 1. The van der Waals surface area contributed by atoms with Gasteiger partial charge in [-0.1, -0.05) is 29.5 Å². The van der Waals surface area contributed by atoms with E-state index < -0.39 is 0 Å². The highest BCUT2D eigenvalue weighted by Gasteiger charge is 2.11. The Bertz CT molecular complexity index is 685. The Hall–Kier alpha value is -2.64. The van der Waals surface area contributed by atoms with Gasteiger partial charge in [0.25, 0.3) is 5.91 Å². The molecule has 2 N–H and O–H groups in total. The van der Waals surface area contributed by atoms with Gasteiger partial charge in [-0.15, -0.1) is 0 Å². The first-order valence-corrected chi connectivity index (χ1v) is 6.63. The van der Waals surface area contributed by atoms with Crippen LogP contribution in [0.15, 0.2) is 42.6 Å². The lowest BCUT2D eigenvalue weighted by molar-refractivity contribution is 0.102. The van der Waals surface area contributed by atoms with Crippen molar-refractivity contribution in [2.24, 2.45) is 0 Å².